The van der Waals surface area contributed by atoms with Gasteiger partial charge in [-0.3, -0.25) is 4.79 Å². The van der Waals surface area contributed by atoms with Crippen molar-refractivity contribution in [2.24, 2.45) is 4.99 Å². The second kappa shape index (κ2) is 8.67. The number of hydrogen-bond donors (Lipinski definition) is 0. The number of aliphatic imine (C=N–C) groups is 1. The van der Waals surface area contributed by atoms with Crippen LogP contribution in [-0.4, -0.2) is 23.4 Å². The zero-order valence-electron chi connectivity index (χ0n) is 18.0. The van der Waals surface area contributed by atoms with Crippen molar-refractivity contribution in [1.29, 1.82) is 0 Å². The van der Waals surface area contributed by atoms with Gasteiger partial charge in [0.25, 0.3) is 11.9 Å². The molecule has 0 aliphatic carbocycles. The van der Waals surface area contributed by atoms with E-state index in [1.165, 1.54) is 22.3 Å². The molecule has 4 nitrogen and oxygen atoms in total. The quantitative estimate of drug-likeness (QED) is 0.293. The Morgan fingerprint density at radius 2 is 1.41 bits per heavy atom. The van der Waals surface area contributed by atoms with Gasteiger partial charge in [0.1, 0.15) is 0 Å². The molecule has 32 heavy (non-hydrogen) atoms. The summed E-state index contributed by atoms with van der Waals surface area (Å²) in [7, 11) is 0. The fraction of sp³-hybridized carbons (Fsp3) is 0.143. The number of hydrogen-bond acceptors (Lipinski definition) is 2. The molecule has 4 aromatic carbocycles. The number of carbonyl (C=O) groups excluding carboxylic acids is 1. The van der Waals surface area contributed by atoms with Gasteiger partial charge in [-0.1, -0.05) is 78.9 Å². The highest BCUT2D eigenvalue weighted by Crippen LogP contribution is 2.32. The maximum Gasteiger partial charge on any atom is 0.296 e. The molecule has 1 aliphatic heterocycles. The van der Waals surface area contributed by atoms with E-state index in [-0.39, 0.29) is 5.91 Å². The highest BCUT2D eigenvalue weighted by atomic mass is 16.5. The first-order chi connectivity index (χ1) is 15.7. The molecule has 0 unspecified atom stereocenters. The normalized spacial score (nSPS) is 13.3. The van der Waals surface area contributed by atoms with Crippen molar-refractivity contribution < 1.29 is 9.53 Å². The van der Waals surface area contributed by atoms with Crippen molar-refractivity contribution in [3.63, 3.8) is 0 Å². The van der Waals surface area contributed by atoms with Crippen LogP contribution in [0.5, 0.6) is 0 Å². The lowest BCUT2D eigenvalue weighted by Crippen LogP contribution is -2.32. The van der Waals surface area contributed by atoms with Crippen LogP contribution in [0.1, 0.15) is 28.4 Å². The molecule has 0 spiro atoms. The Balaban J connectivity index is 1.53. The van der Waals surface area contributed by atoms with Gasteiger partial charge >= 0.3 is 0 Å². The van der Waals surface area contributed by atoms with E-state index in [2.05, 4.69) is 41.4 Å². The SMILES string of the molecule is CCO/C(=N\C(=O)c1ccc2ccccc2c1)N1Cc2ccccc2-c2ccccc2C1. The minimum absolute atomic E-state index is 0.301. The molecular weight excluding hydrogens is 396 g/mol. The van der Waals surface area contributed by atoms with Crippen LogP contribution in [0.15, 0.2) is 96.0 Å². The average Bonchev–Trinajstić information content (AvgIpc) is 3.00. The van der Waals surface area contributed by atoms with Crippen molar-refractivity contribution in [3.8, 4) is 11.1 Å². The van der Waals surface area contributed by atoms with Crippen LogP contribution in [0.4, 0.5) is 0 Å². The summed E-state index contributed by atoms with van der Waals surface area (Å²) in [5, 5.41) is 2.11. The van der Waals surface area contributed by atoms with Crippen LogP contribution in [0.25, 0.3) is 21.9 Å². The van der Waals surface area contributed by atoms with E-state index in [1.54, 1.807) is 0 Å². The second-order valence-electron chi connectivity index (χ2n) is 7.86. The molecule has 1 aliphatic rings. The molecule has 0 N–H and O–H groups in total. The molecule has 0 atom stereocenters. The lowest BCUT2D eigenvalue weighted by Gasteiger charge is -2.24. The van der Waals surface area contributed by atoms with Crippen molar-refractivity contribution in [1.82, 2.24) is 4.90 Å². The number of benzene rings is 4. The highest BCUT2D eigenvalue weighted by molar-refractivity contribution is 6.03. The summed E-state index contributed by atoms with van der Waals surface area (Å²) in [4.78, 5) is 19.6. The standard InChI is InChI=1S/C28H24N2O2/c1-2-32-28(29-27(31)22-16-15-20-9-3-4-10-21(20)17-22)30-18-23-11-5-7-13-25(23)26-14-8-6-12-24(26)19-30/h3-17H,2,18-19H2,1H3/b29-28-. The summed E-state index contributed by atoms with van der Waals surface area (Å²) in [6, 6.07) is 30.8. The van der Waals surface area contributed by atoms with Gasteiger partial charge in [0.15, 0.2) is 0 Å². The molecular formula is C28H24N2O2. The fourth-order valence-corrected chi connectivity index (χ4v) is 4.24. The highest BCUT2D eigenvalue weighted by Gasteiger charge is 2.23. The van der Waals surface area contributed by atoms with E-state index >= 15 is 0 Å². The number of rotatable bonds is 2. The van der Waals surface area contributed by atoms with Gasteiger partial charge in [-0.25, -0.2) is 0 Å². The van der Waals surface area contributed by atoms with E-state index in [0.717, 1.165) is 10.8 Å². The molecule has 0 fully saturated rings. The largest absolute Gasteiger partial charge is 0.465 e. The maximum atomic E-state index is 13.1. The molecule has 0 aromatic heterocycles. The van der Waals surface area contributed by atoms with Crippen molar-refractivity contribution in [2.45, 2.75) is 20.0 Å². The third kappa shape index (κ3) is 3.87. The first kappa shape index (κ1) is 20.0. The molecule has 0 saturated heterocycles. The number of carbonyl (C=O) groups is 1. The Kier molecular flexibility index (Phi) is 5.42. The second-order valence-corrected chi connectivity index (χ2v) is 7.86. The van der Waals surface area contributed by atoms with E-state index in [0.29, 0.717) is 31.3 Å². The number of ether oxygens (including phenoxy) is 1. The van der Waals surface area contributed by atoms with Crippen LogP contribution in [0, 0.1) is 0 Å². The predicted octanol–water partition coefficient (Wildman–Crippen LogP) is 6.06. The van der Waals surface area contributed by atoms with Crippen LogP contribution < -0.4 is 0 Å². The van der Waals surface area contributed by atoms with Crippen LogP contribution in [0.3, 0.4) is 0 Å². The number of amidine groups is 1. The van der Waals surface area contributed by atoms with Gasteiger partial charge in [0.05, 0.1) is 6.61 Å². The molecule has 4 heteroatoms. The summed E-state index contributed by atoms with van der Waals surface area (Å²) in [6.07, 6.45) is 0. The average molecular weight is 421 g/mol. The smallest absolute Gasteiger partial charge is 0.296 e. The number of nitrogens with zero attached hydrogens (tertiary/aromatic N) is 2. The summed E-state index contributed by atoms with van der Waals surface area (Å²) >= 11 is 0. The summed E-state index contributed by atoms with van der Waals surface area (Å²) in [5.41, 5.74) is 5.34. The van der Waals surface area contributed by atoms with Gasteiger partial charge in [0.2, 0.25) is 0 Å². The summed E-state index contributed by atoms with van der Waals surface area (Å²) < 4.78 is 5.90. The van der Waals surface area contributed by atoms with Gasteiger partial charge in [-0.05, 0) is 52.1 Å². The molecule has 1 heterocycles. The van der Waals surface area contributed by atoms with E-state index < -0.39 is 0 Å². The van der Waals surface area contributed by atoms with Gasteiger partial charge in [0, 0.05) is 18.7 Å². The monoisotopic (exact) mass is 420 g/mol. The van der Waals surface area contributed by atoms with Crippen LogP contribution in [-0.2, 0) is 17.8 Å². The van der Waals surface area contributed by atoms with E-state index in [1.807, 2.05) is 66.4 Å². The molecule has 0 radical (unpaired) electrons. The Morgan fingerprint density at radius 1 is 0.812 bits per heavy atom. The van der Waals surface area contributed by atoms with E-state index in [9.17, 15) is 4.79 Å². The molecule has 4 aromatic rings. The van der Waals surface area contributed by atoms with Crippen molar-refractivity contribution in [2.75, 3.05) is 6.61 Å². The lowest BCUT2D eigenvalue weighted by atomic mass is 9.97. The number of fused-ring (bicyclic) bond motifs is 4. The minimum atomic E-state index is -0.301. The third-order valence-electron chi connectivity index (χ3n) is 5.78. The Hall–Kier alpha value is -3.92. The summed E-state index contributed by atoms with van der Waals surface area (Å²) in [6.45, 7) is 3.59. The molecule has 158 valence electrons. The molecule has 5 rings (SSSR count). The van der Waals surface area contributed by atoms with Gasteiger partial charge in [-0.2, -0.15) is 4.99 Å². The maximum absolute atomic E-state index is 13.1. The molecule has 0 bridgehead atoms. The fourth-order valence-electron chi connectivity index (χ4n) is 4.24. The Labute approximate surface area is 187 Å². The Bertz CT molecular complexity index is 1280. The van der Waals surface area contributed by atoms with Crippen molar-refractivity contribution >= 4 is 22.7 Å². The summed E-state index contributed by atoms with van der Waals surface area (Å²) in [5.74, 6) is -0.301. The van der Waals surface area contributed by atoms with Crippen molar-refractivity contribution in [3.05, 3.63) is 108 Å². The third-order valence-corrected chi connectivity index (χ3v) is 5.78. The van der Waals surface area contributed by atoms with Gasteiger partial charge in [-0.15, -0.1) is 0 Å². The molecule has 0 saturated carbocycles. The first-order valence-electron chi connectivity index (χ1n) is 10.9. The van der Waals surface area contributed by atoms with Gasteiger partial charge < -0.3 is 9.64 Å². The first-order valence-corrected chi connectivity index (χ1v) is 10.9. The lowest BCUT2D eigenvalue weighted by molar-refractivity contribution is 0.0993. The minimum Gasteiger partial charge on any atom is -0.465 e. The van der Waals surface area contributed by atoms with E-state index in [4.69, 9.17) is 4.74 Å². The molecule has 1 amide bonds. The van der Waals surface area contributed by atoms with Crippen LogP contribution >= 0.6 is 0 Å². The topological polar surface area (TPSA) is 41.9 Å². The number of amides is 1. The predicted molar refractivity (Wildman–Crippen MR) is 128 cm³/mol. The Morgan fingerprint density at radius 3 is 2.06 bits per heavy atom. The zero-order chi connectivity index (χ0) is 21.9. The van der Waals surface area contributed by atoms with Crippen LogP contribution in [0.2, 0.25) is 0 Å². The zero-order valence-corrected chi connectivity index (χ0v) is 18.0.